The Morgan fingerprint density at radius 2 is 1.72 bits per heavy atom. The average molecular weight is 250 g/mol. The lowest BCUT2D eigenvalue weighted by atomic mass is 10.2. The van der Waals surface area contributed by atoms with Gasteiger partial charge in [-0.25, -0.2) is 0 Å². The Labute approximate surface area is 106 Å². The highest BCUT2D eigenvalue weighted by atomic mass is 16.3. The molecule has 1 aromatic rings. The second kappa shape index (κ2) is 7.16. The third-order valence-electron chi connectivity index (χ3n) is 2.33. The number of phenolic OH excluding ortho intramolecular Hbond substituents is 1. The van der Waals surface area contributed by atoms with Gasteiger partial charge >= 0.3 is 0 Å². The Kier molecular flexibility index (Phi) is 5.50. The van der Waals surface area contributed by atoms with Gasteiger partial charge in [-0.05, 0) is 37.1 Å². The molecule has 1 amide bonds. The number of phenols is 1. The number of nitrogens with one attached hydrogen (secondary N) is 3. The van der Waals surface area contributed by atoms with Crippen LogP contribution < -0.4 is 16.4 Å². The van der Waals surface area contributed by atoms with Gasteiger partial charge in [0.15, 0.2) is 5.96 Å². The van der Waals surface area contributed by atoms with Gasteiger partial charge in [0.2, 0.25) is 0 Å². The van der Waals surface area contributed by atoms with E-state index in [1.807, 2.05) is 0 Å². The molecule has 18 heavy (non-hydrogen) atoms. The van der Waals surface area contributed by atoms with Crippen molar-refractivity contribution < 1.29 is 9.90 Å². The van der Waals surface area contributed by atoms with E-state index in [-0.39, 0.29) is 17.6 Å². The predicted octanol–water partition coefficient (Wildman–Crippen LogP) is 0.385. The second-order valence-electron chi connectivity index (χ2n) is 3.85. The molecule has 0 aliphatic heterocycles. The number of carbonyl (C=O) groups excluding carboxylic acids is 1. The summed E-state index contributed by atoms with van der Waals surface area (Å²) in [5.41, 5.74) is 5.65. The van der Waals surface area contributed by atoms with Crippen LogP contribution in [0.15, 0.2) is 24.3 Å². The van der Waals surface area contributed by atoms with E-state index < -0.39 is 0 Å². The van der Waals surface area contributed by atoms with Gasteiger partial charge in [0, 0.05) is 18.7 Å². The Morgan fingerprint density at radius 3 is 2.28 bits per heavy atom. The molecule has 6 N–H and O–H groups in total. The third-order valence-corrected chi connectivity index (χ3v) is 2.33. The maximum absolute atomic E-state index is 11.6. The van der Waals surface area contributed by atoms with Gasteiger partial charge in [-0.2, -0.15) is 0 Å². The molecule has 0 saturated heterocycles. The number of hydrogen-bond acceptors (Lipinski definition) is 3. The third kappa shape index (κ3) is 5.20. The molecular weight excluding hydrogens is 232 g/mol. The van der Waals surface area contributed by atoms with Gasteiger partial charge in [-0.1, -0.05) is 0 Å². The van der Waals surface area contributed by atoms with Crippen LogP contribution in [0.1, 0.15) is 23.2 Å². The summed E-state index contributed by atoms with van der Waals surface area (Å²) in [5, 5.41) is 21.5. The number of rotatable bonds is 6. The van der Waals surface area contributed by atoms with Gasteiger partial charge in [-0.3, -0.25) is 10.2 Å². The lowest BCUT2D eigenvalue weighted by Crippen LogP contribution is -2.31. The summed E-state index contributed by atoms with van der Waals surface area (Å²) in [4.78, 5) is 11.6. The van der Waals surface area contributed by atoms with E-state index in [1.54, 1.807) is 12.1 Å². The number of unbranched alkanes of at least 4 members (excludes halogenated alkanes) is 1. The first-order valence-electron chi connectivity index (χ1n) is 5.74. The first-order valence-corrected chi connectivity index (χ1v) is 5.74. The Hall–Kier alpha value is -2.24. The fourth-order valence-electron chi connectivity index (χ4n) is 1.39. The Balaban J connectivity index is 2.17. The molecule has 6 nitrogen and oxygen atoms in total. The van der Waals surface area contributed by atoms with Crippen LogP contribution in [0.2, 0.25) is 0 Å². The zero-order valence-corrected chi connectivity index (χ0v) is 10.1. The van der Waals surface area contributed by atoms with Gasteiger partial charge in [0.1, 0.15) is 5.75 Å². The Bertz CT molecular complexity index is 403. The standard InChI is InChI=1S/C12H18N4O2/c13-12(14)16-8-2-1-7-15-11(18)9-3-5-10(17)6-4-9/h3-6,17H,1-2,7-8H2,(H,15,18)(H4,13,14,16). The molecule has 0 aliphatic rings. The van der Waals surface area contributed by atoms with Gasteiger partial charge < -0.3 is 21.5 Å². The molecule has 0 unspecified atom stereocenters. The number of aromatic hydroxyl groups is 1. The predicted molar refractivity (Wildman–Crippen MR) is 69.6 cm³/mol. The molecular formula is C12H18N4O2. The Morgan fingerprint density at radius 1 is 1.17 bits per heavy atom. The van der Waals surface area contributed by atoms with Crippen molar-refractivity contribution in [3.63, 3.8) is 0 Å². The minimum atomic E-state index is -0.158. The summed E-state index contributed by atoms with van der Waals surface area (Å²) in [6, 6.07) is 6.10. The van der Waals surface area contributed by atoms with Crippen LogP contribution in [-0.4, -0.2) is 30.1 Å². The first kappa shape index (κ1) is 13.8. The van der Waals surface area contributed by atoms with Crippen LogP contribution in [0.3, 0.4) is 0 Å². The zero-order chi connectivity index (χ0) is 13.4. The van der Waals surface area contributed by atoms with E-state index >= 15 is 0 Å². The maximum Gasteiger partial charge on any atom is 0.251 e. The SMILES string of the molecule is N=C(N)NCCCCNC(=O)c1ccc(O)cc1. The lowest BCUT2D eigenvalue weighted by Gasteiger charge is -2.06. The number of nitrogens with two attached hydrogens (primary N) is 1. The molecule has 1 rings (SSSR count). The van der Waals surface area contributed by atoms with Gasteiger partial charge in [-0.15, -0.1) is 0 Å². The van der Waals surface area contributed by atoms with Crippen LogP contribution in [0.4, 0.5) is 0 Å². The molecule has 0 radical (unpaired) electrons. The van der Waals surface area contributed by atoms with Crippen molar-refractivity contribution in [3.05, 3.63) is 29.8 Å². The number of amides is 1. The minimum absolute atomic E-state index is 0.0388. The van der Waals surface area contributed by atoms with Gasteiger partial charge in [0.05, 0.1) is 0 Å². The lowest BCUT2D eigenvalue weighted by molar-refractivity contribution is 0.0953. The van der Waals surface area contributed by atoms with Crippen LogP contribution in [-0.2, 0) is 0 Å². The fourth-order valence-corrected chi connectivity index (χ4v) is 1.39. The van der Waals surface area contributed by atoms with E-state index in [9.17, 15) is 4.79 Å². The van der Waals surface area contributed by atoms with E-state index in [2.05, 4.69) is 10.6 Å². The van der Waals surface area contributed by atoms with E-state index in [1.165, 1.54) is 12.1 Å². The van der Waals surface area contributed by atoms with E-state index in [0.717, 1.165) is 12.8 Å². The number of hydrogen-bond donors (Lipinski definition) is 5. The van der Waals surface area contributed by atoms with Crippen molar-refractivity contribution in [2.45, 2.75) is 12.8 Å². The number of guanidine groups is 1. The van der Waals surface area contributed by atoms with Crippen LogP contribution >= 0.6 is 0 Å². The molecule has 0 aromatic heterocycles. The molecule has 1 aromatic carbocycles. The monoisotopic (exact) mass is 250 g/mol. The highest BCUT2D eigenvalue weighted by molar-refractivity contribution is 5.94. The summed E-state index contributed by atoms with van der Waals surface area (Å²) in [7, 11) is 0. The molecule has 0 atom stereocenters. The largest absolute Gasteiger partial charge is 0.508 e. The zero-order valence-electron chi connectivity index (χ0n) is 10.1. The summed E-state index contributed by atoms with van der Waals surface area (Å²) < 4.78 is 0. The summed E-state index contributed by atoms with van der Waals surface area (Å²) in [6.45, 7) is 1.20. The summed E-state index contributed by atoms with van der Waals surface area (Å²) >= 11 is 0. The van der Waals surface area contributed by atoms with E-state index in [0.29, 0.717) is 18.7 Å². The molecule has 0 heterocycles. The van der Waals surface area contributed by atoms with Crippen molar-refractivity contribution in [1.29, 1.82) is 5.41 Å². The normalized spacial score (nSPS) is 9.78. The quantitative estimate of drug-likeness (QED) is 0.285. The topological polar surface area (TPSA) is 111 Å². The number of benzene rings is 1. The smallest absolute Gasteiger partial charge is 0.251 e. The van der Waals surface area contributed by atoms with Crippen LogP contribution in [0.25, 0.3) is 0 Å². The molecule has 0 aliphatic carbocycles. The average Bonchev–Trinajstić information content (AvgIpc) is 2.34. The van der Waals surface area contributed by atoms with Crippen molar-refractivity contribution in [2.24, 2.45) is 5.73 Å². The summed E-state index contributed by atoms with van der Waals surface area (Å²) in [5.74, 6) is -0.0560. The first-order chi connectivity index (χ1) is 8.59. The van der Waals surface area contributed by atoms with Crippen LogP contribution in [0.5, 0.6) is 5.75 Å². The van der Waals surface area contributed by atoms with E-state index in [4.69, 9.17) is 16.2 Å². The summed E-state index contributed by atoms with van der Waals surface area (Å²) in [6.07, 6.45) is 1.64. The minimum Gasteiger partial charge on any atom is -0.508 e. The van der Waals surface area contributed by atoms with Crippen molar-refractivity contribution in [3.8, 4) is 5.75 Å². The van der Waals surface area contributed by atoms with Crippen molar-refractivity contribution in [1.82, 2.24) is 10.6 Å². The van der Waals surface area contributed by atoms with Crippen molar-refractivity contribution >= 4 is 11.9 Å². The van der Waals surface area contributed by atoms with Crippen molar-refractivity contribution in [2.75, 3.05) is 13.1 Å². The molecule has 0 bridgehead atoms. The fraction of sp³-hybridized carbons (Fsp3) is 0.333. The highest BCUT2D eigenvalue weighted by Crippen LogP contribution is 2.09. The second-order valence-corrected chi connectivity index (χ2v) is 3.85. The van der Waals surface area contributed by atoms with Gasteiger partial charge in [0.25, 0.3) is 5.91 Å². The van der Waals surface area contributed by atoms with Crippen LogP contribution in [0, 0.1) is 5.41 Å². The molecule has 6 heteroatoms. The molecule has 98 valence electrons. The maximum atomic E-state index is 11.6. The number of carbonyl (C=O) groups is 1. The molecule has 0 spiro atoms. The highest BCUT2D eigenvalue weighted by Gasteiger charge is 2.03. The molecule has 0 saturated carbocycles. The molecule has 0 fully saturated rings.